The highest BCUT2D eigenvalue weighted by atomic mass is 32.2. The van der Waals surface area contributed by atoms with Crippen LogP contribution in [0, 0.1) is 6.92 Å². The second kappa shape index (κ2) is 7.00. The number of nitrogens with one attached hydrogen (secondary N) is 1. The van der Waals surface area contributed by atoms with Gasteiger partial charge in [0.1, 0.15) is 0 Å². The second-order valence-corrected chi connectivity index (χ2v) is 6.55. The van der Waals surface area contributed by atoms with Crippen molar-refractivity contribution in [1.82, 2.24) is 5.43 Å². The van der Waals surface area contributed by atoms with Gasteiger partial charge in [0, 0.05) is 15.9 Å². The first kappa shape index (κ1) is 14.5. The average Bonchev–Trinajstić information content (AvgIpc) is 2.67. The van der Waals surface area contributed by atoms with E-state index in [0.717, 1.165) is 18.7 Å². The van der Waals surface area contributed by atoms with Crippen LogP contribution in [-0.2, 0) is 5.75 Å². The van der Waals surface area contributed by atoms with Crippen LogP contribution in [0.5, 0.6) is 0 Å². The summed E-state index contributed by atoms with van der Waals surface area (Å²) in [5.41, 5.74) is 8.88. The van der Waals surface area contributed by atoms with Crippen LogP contribution in [0.15, 0.2) is 6.07 Å². The third-order valence-corrected chi connectivity index (χ3v) is 4.85. The third kappa shape index (κ3) is 4.31. The van der Waals surface area contributed by atoms with Crippen LogP contribution < -0.4 is 17.0 Å². The number of thiophene rings is 1. The smallest absolute Gasteiger partial charge is 0.275 e. The highest BCUT2D eigenvalue weighted by molar-refractivity contribution is 7.99. The lowest BCUT2D eigenvalue weighted by molar-refractivity contribution is 0.0957. The summed E-state index contributed by atoms with van der Waals surface area (Å²) in [4.78, 5) is 13.2. The van der Waals surface area contributed by atoms with Gasteiger partial charge in [-0.1, -0.05) is 6.92 Å². The fourth-order valence-electron chi connectivity index (χ4n) is 1.40. The van der Waals surface area contributed by atoms with Gasteiger partial charge < -0.3 is 5.73 Å². The Morgan fingerprint density at radius 1 is 1.65 bits per heavy atom. The normalized spacial score (nSPS) is 12.5. The summed E-state index contributed by atoms with van der Waals surface area (Å²) in [6, 6.07) is 1.92. The average molecular weight is 273 g/mol. The minimum Gasteiger partial charge on any atom is -0.330 e. The van der Waals surface area contributed by atoms with Gasteiger partial charge in [-0.2, -0.15) is 11.8 Å². The zero-order valence-corrected chi connectivity index (χ0v) is 11.8. The Balaban J connectivity index is 2.59. The standard InChI is InChI=1S/C11H19N3OS2/c1-7(3-4-12)16-6-9-5-10(11(15)14-13)17-8(9)2/h5,7H,3-4,6,12-13H2,1-2H3,(H,14,15). The molecule has 1 unspecified atom stereocenters. The van der Waals surface area contributed by atoms with Gasteiger partial charge in [-0.25, -0.2) is 5.84 Å². The zero-order valence-electron chi connectivity index (χ0n) is 10.2. The van der Waals surface area contributed by atoms with Crippen molar-refractivity contribution in [3.63, 3.8) is 0 Å². The Bertz CT molecular complexity index is 379. The maximum atomic E-state index is 11.4. The van der Waals surface area contributed by atoms with E-state index in [1.165, 1.54) is 21.8 Å². The SMILES string of the molecule is Cc1sc(C(=O)NN)cc1CSC(C)CCN. The molecule has 0 saturated carbocycles. The Morgan fingerprint density at radius 3 is 2.94 bits per heavy atom. The molecule has 0 radical (unpaired) electrons. The fraction of sp³-hybridized carbons (Fsp3) is 0.545. The predicted octanol–water partition coefficient (Wildman–Crippen LogP) is 1.63. The molecule has 0 aromatic carbocycles. The summed E-state index contributed by atoms with van der Waals surface area (Å²) in [5, 5.41) is 0.547. The van der Waals surface area contributed by atoms with Crippen LogP contribution in [-0.4, -0.2) is 17.7 Å². The number of hydrogen-bond donors (Lipinski definition) is 3. The molecule has 17 heavy (non-hydrogen) atoms. The van der Waals surface area contributed by atoms with Crippen LogP contribution in [0.3, 0.4) is 0 Å². The van der Waals surface area contributed by atoms with E-state index in [2.05, 4.69) is 12.3 Å². The maximum Gasteiger partial charge on any atom is 0.275 e. The highest BCUT2D eigenvalue weighted by Crippen LogP contribution is 2.27. The first-order chi connectivity index (χ1) is 8.08. The summed E-state index contributed by atoms with van der Waals surface area (Å²) >= 11 is 3.35. The van der Waals surface area contributed by atoms with E-state index < -0.39 is 0 Å². The molecule has 1 heterocycles. The molecule has 0 aliphatic rings. The quantitative estimate of drug-likeness (QED) is 0.418. The third-order valence-electron chi connectivity index (χ3n) is 2.47. The summed E-state index contributed by atoms with van der Waals surface area (Å²) in [6.07, 6.45) is 1.02. The lowest BCUT2D eigenvalue weighted by Gasteiger charge is -2.08. The van der Waals surface area contributed by atoms with Gasteiger partial charge in [0.2, 0.25) is 0 Å². The van der Waals surface area contributed by atoms with E-state index >= 15 is 0 Å². The molecule has 4 nitrogen and oxygen atoms in total. The Kier molecular flexibility index (Phi) is 5.97. The molecule has 1 aromatic rings. The van der Waals surface area contributed by atoms with Crippen LogP contribution >= 0.6 is 23.1 Å². The molecule has 5 N–H and O–H groups in total. The number of hydrogen-bond acceptors (Lipinski definition) is 5. The number of nitrogen functional groups attached to an aromatic ring is 1. The predicted molar refractivity (Wildman–Crippen MR) is 75.1 cm³/mol. The minimum atomic E-state index is -0.218. The van der Waals surface area contributed by atoms with Crippen LogP contribution in [0.4, 0.5) is 0 Å². The summed E-state index contributed by atoms with van der Waals surface area (Å²) in [7, 11) is 0. The van der Waals surface area contributed by atoms with E-state index in [1.54, 1.807) is 0 Å². The van der Waals surface area contributed by atoms with Crippen molar-refractivity contribution in [1.29, 1.82) is 0 Å². The molecule has 1 amide bonds. The molecule has 0 saturated heterocycles. The van der Waals surface area contributed by atoms with Crippen molar-refractivity contribution in [3.8, 4) is 0 Å². The van der Waals surface area contributed by atoms with Gasteiger partial charge in [0.25, 0.3) is 5.91 Å². The number of hydrazine groups is 1. The Hall–Kier alpha value is -0.560. The van der Waals surface area contributed by atoms with Crippen molar-refractivity contribution in [2.24, 2.45) is 11.6 Å². The number of aryl methyl sites for hydroxylation is 1. The van der Waals surface area contributed by atoms with Crippen LogP contribution in [0.25, 0.3) is 0 Å². The number of amides is 1. The van der Waals surface area contributed by atoms with Crippen LogP contribution in [0.2, 0.25) is 0 Å². The molecule has 6 heteroatoms. The lowest BCUT2D eigenvalue weighted by Crippen LogP contribution is -2.29. The highest BCUT2D eigenvalue weighted by Gasteiger charge is 2.12. The van der Waals surface area contributed by atoms with Crippen molar-refractivity contribution < 1.29 is 4.79 Å². The molecule has 0 fully saturated rings. The summed E-state index contributed by atoms with van der Waals surface area (Å²) in [5.74, 6) is 5.81. The van der Waals surface area contributed by atoms with Crippen molar-refractivity contribution >= 4 is 29.0 Å². The summed E-state index contributed by atoms with van der Waals surface area (Å²) < 4.78 is 0. The van der Waals surface area contributed by atoms with E-state index in [0.29, 0.717) is 10.1 Å². The van der Waals surface area contributed by atoms with Gasteiger partial charge in [-0.05, 0) is 31.5 Å². The number of rotatable bonds is 6. The maximum absolute atomic E-state index is 11.4. The largest absolute Gasteiger partial charge is 0.330 e. The number of carbonyl (C=O) groups excluding carboxylic acids is 1. The molecule has 0 bridgehead atoms. The Morgan fingerprint density at radius 2 is 2.35 bits per heavy atom. The molecule has 1 rings (SSSR count). The first-order valence-electron chi connectivity index (χ1n) is 5.50. The van der Waals surface area contributed by atoms with E-state index in [1.807, 2.05) is 24.8 Å². The molecular weight excluding hydrogens is 254 g/mol. The molecule has 1 atom stereocenters. The number of nitrogens with two attached hydrogens (primary N) is 2. The summed E-state index contributed by atoms with van der Waals surface area (Å²) in [6.45, 7) is 4.92. The first-order valence-corrected chi connectivity index (χ1v) is 7.37. The van der Waals surface area contributed by atoms with E-state index in [-0.39, 0.29) is 5.91 Å². The topological polar surface area (TPSA) is 81.1 Å². The van der Waals surface area contributed by atoms with Gasteiger partial charge in [-0.15, -0.1) is 11.3 Å². The van der Waals surface area contributed by atoms with Gasteiger partial charge in [0.05, 0.1) is 4.88 Å². The molecule has 96 valence electrons. The number of thioether (sulfide) groups is 1. The van der Waals surface area contributed by atoms with Crippen molar-refractivity contribution in [2.45, 2.75) is 31.3 Å². The molecule has 0 aliphatic carbocycles. The number of carbonyl (C=O) groups is 1. The van der Waals surface area contributed by atoms with Gasteiger partial charge in [-0.3, -0.25) is 10.2 Å². The minimum absolute atomic E-state index is 0.218. The van der Waals surface area contributed by atoms with Crippen molar-refractivity contribution in [3.05, 3.63) is 21.4 Å². The lowest BCUT2D eigenvalue weighted by atomic mass is 10.3. The second-order valence-electron chi connectivity index (χ2n) is 3.86. The molecular formula is C11H19N3OS2. The Labute approximate surface area is 110 Å². The van der Waals surface area contributed by atoms with Crippen molar-refractivity contribution in [2.75, 3.05) is 6.54 Å². The van der Waals surface area contributed by atoms with E-state index in [9.17, 15) is 4.79 Å². The molecule has 0 spiro atoms. The monoisotopic (exact) mass is 273 g/mol. The molecule has 1 aromatic heterocycles. The fourth-order valence-corrected chi connectivity index (χ4v) is 3.50. The van der Waals surface area contributed by atoms with E-state index in [4.69, 9.17) is 11.6 Å². The zero-order chi connectivity index (χ0) is 12.8. The van der Waals surface area contributed by atoms with Gasteiger partial charge in [0.15, 0.2) is 0 Å². The van der Waals surface area contributed by atoms with Gasteiger partial charge >= 0.3 is 0 Å². The molecule has 0 aliphatic heterocycles. The van der Waals surface area contributed by atoms with Crippen LogP contribution in [0.1, 0.15) is 33.5 Å².